The SMILES string of the molecule is CNC(=O)CN1CCN(C(=O)COC2(C)CNC2)CC1. The molecule has 2 aliphatic heterocycles. The summed E-state index contributed by atoms with van der Waals surface area (Å²) in [7, 11) is 1.63. The molecular formula is C13H24N4O3. The van der Waals surface area contributed by atoms with Gasteiger partial charge in [0, 0.05) is 46.3 Å². The van der Waals surface area contributed by atoms with Gasteiger partial charge in [-0.05, 0) is 6.92 Å². The zero-order valence-electron chi connectivity index (χ0n) is 12.3. The molecule has 0 bridgehead atoms. The molecule has 0 atom stereocenters. The second-order valence-corrected chi connectivity index (χ2v) is 5.67. The van der Waals surface area contributed by atoms with Crippen LogP contribution in [0.2, 0.25) is 0 Å². The van der Waals surface area contributed by atoms with Gasteiger partial charge in [0.1, 0.15) is 6.61 Å². The summed E-state index contributed by atoms with van der Waals surface area (Å²) in [5, 5.41) is 5.75. The maximum absolute atomic E-state index is 12.1. The number of carbonyl (C=O) groups excluding carboxylic acids is 2. The minimum Gasteiger partial charge on any atom is -0.363 e. The van der Waals surface area contributed by atoms with Crippen molar-refractivity contribution in [3.05, 3.63) is 0 Å². The van der Waals surface area contributed by atoms with Crippen molar-refractivity contribution in [2.24, 2.45) is 0 Å². The van der Waals surface area contributed by atoms with E-state index in [4.69, 9.17) is 4.74 Å². The van der Waals surface area contributed by atoms with E-state index in [9.17, 15) is 9.59 Å². The number of hydrogen-bond donors (Lipinski definition) is 2. The van der Waals surface area contributed by atoms with Gasteiger partial charge in [-0.25, -0.2) is 0 Å². The molecule has 0 aromatic carbocycles. The van der Waals surface area contributed by atoms with E-state index in [0.29, 0.717) is 19.6 Å². The molecule has 0 aromatic rings. The van der Waals surface area contributed by atoms with Crippen molar-refractivity contribution in [3.63, 3.8) is 0 Å². The third-order valence-corrected chi connectivity index (χ3v) is 3.91. The van der Waals surface area contributed by atoms with Gasteiger partial charge in [-0.2, -0.15) is 0 Å². The topological polar surface area (TPSA) is 73.9 Å². The number of nitrogens with one attached hydrogen (secondary N) is 2. The van der Waals surface area contributed by atoms with Crippen LogP contribution < -0.4 is 10.6 Å². The Labute approximate surface area is 119 Å². The van der Waals surface area contributed by atoms with Crippen molar-refractivity contribution in [3.8, 4) is 0 Å². The largest absolute Gasteiger partial charge is 0.363 e. The Balaban J connectivity index is 1.67. The molecule has 7 nitrogen and oxygen atoms in total. The number of amides is 2. The Morgan fingerprint density at radius 2 is 1.90 bits per heavy atom. The van der Waals surface area contributed by atoms with Gasteiger partial charge < -0.3 is 20.3 Å². The van der Waals surface area contributed by atoms with E-state index in [1.54, 1.807) is 7.05 Å². The van der Waals surface area contributed by atoms with Crippen LogP contribution in [0.5, 0.6) is 0 Å². The summed E-state index contributed by atoms with van der Waals surface area (Å²) in [4.78, 5) is 27.2. The standard InChI is InChI=1S/C13H24N4O3/c1-13(9-15-10-13)20-8-12(19)17-5-3-16(4-6-17)7-11(18)14-2/h15H,3-10H2,1-2H3,(H,14,18). The quantitative estimate of drug-likeness (QED) is 0.627. The molecule has 114 valence electrons. The van der Waals surface area contributed by atoms with Crippen LogP contribution in [0.4, 0.5) is 0 Å². The fraction of sp³-hybridized carbons (Fsp3) is 0.846. The molecule has 7 heteroatoms. The van der Waals surface area contributed by atoms with E-state index >= 15 is 0 Å². The summed E-state index contributed by atoms with van der Waals surface area (Å²) in [6.45, 7) is 6.96. The molecule has 2 saturated heterocycles. The number of carbonyl (C=O) groups is 2. The molecule has 2 amide bonds. The zero-order chi connectivity index (χ0) is 14.6. The molecule has 2 aliphatic rings. The summed E-state index contributed by atoms with van der Waals surface area (Å²) < 4.78 is 5.66. The number of rotatable bonds is 5. The third kappa shape index (κ3) is 3.91. The van der Waals surface area contributed by atoms with Crippen LogP contribution in [-0.4, -0.2) is 86.7 Å². The van der Waals surface area contributed by atoms with E-state index in [-0.39, 0.29) is 24.0 Å². The second-order valence-electron chi connectivity index (χ2n) is 5.67. The van der Waals surface area contributed by atoms with Crippen molar-refractivity contribution >= 4 is 11.8 Å². The lowest BCUT2D eigenvalue weighted by molar-refractivity contribution is -0.147. The Morgan fingerprint density at radius 1 is 1.25 bits per heavy atom. The summed E-state index contributed by atoms with van der Waals surface area (Å²) in [5.74, 6) is 0.0521. The summed E-state index contributed by atoms with van der Waals surface area (Å²) >= 11 is 0. The van der Waals surface area contributed by atoms with Crippen LogP contribution in [-0.2, 0) is 14.3 Å². The molecule has 0 radical (unpaired) electrons. The number of piperazine rings is 1. The van der Waals surface area contributed by atoms with E-state index in [1.807, 2.05) is 11.8 Å². The molecule has 0 unspecified atom stereocenters. The average Bonchev–Trinajstić information content (AvgIpc) is 2.43. The van der Waals surface area contributed by atoms with Gasteiger partial charge in [-0.1, -0.05) is 0 Å². The normalized spacial score (nSPS) is 22.2. The molecule has 20 heavy (non-hydrogen) atoms. The smallest absolute Gasteiger partial charge is 0.248 e. The molecule has 0 aliphatic carbocycles. The lowest BCUT2D eigenvalue weighted by Crippen LogP contribution is -2.60. The van der Waals surface area contributed by atoms with Crippen LogP contribution >= 0.6 is 0 Å². The fourth-order valence-corrected chi connectivity index (χ4v) is 2.34. The first-order valence-corrected chi connectivity index (χ1v) is 7.08. The van der Waals surface area contributed by atoms with Gasteiger partial charge in [0.05, 0.1) is 12.1 Å². The van der Waals surface area contributed by atoms with Crippen LogP contribution in [0.1, 0.15) is 6.92 Å². The molecule has 2 N–H and O–H groups in total. The highest BCUT2D eigenvalue weighted by Gasteiger charge is 2.33. The first-order valence-electron chi connectivity index (χ1n) is 7.08. The van der Waals surface area contributed by atoms with Crippen molar-refractivity contribution in [2.45, 2.75) is 12.5 Å². The Morgan fingerprint density at radius 3 is 2.40 bits per heavy atom. The molecule has 2 fully saturated rings. The van der Waals surface area contributed by atoms with Crippen LogP contribution in [0.3, 0.4) is 0 Å². The van der Waals surface area contributed by atoms with Gasteiger partial charge in [-0.15, -0.1) is 0 Å². The summed E-state index contributed by atoms with van der Waals surface area (Å²) in [6.07, 6.45) is 0. The lowest BCUT2D eigenvalue weighted by Gasteiger charge is -2.40. The second kappa shape index (κ2) is 6.51. The van der Waals surface area contributed by atoms with E-state index < -0.39 is 0 Å². The molecule has 2 rings (SSSR count). The highest BCUT2D eigenvalue weighted by atomic mass is 16.5. The fourth-order valence-electron chi connectivity index (χ4n) is 2.34. The first-order chi connectivity index (χ1) is 9.52. The summed E-state index contributed by atoms with van der Waals surface area (Å²) in [5.41, 5.74) is -0.184. The average molecular weight is 284 g/mol. The van der Waals surface area contributed by atoms with E-state index in [2.05, 4.69) is 15.5 Å². The van der Waals surface area contributed by atoms with Gasteiger partial charge in [0.15, 0.2) is 0 Å². The molecule has 0 spiro atoms. The van der Waals surface area contributed by atoms with E-state index in [1.165, 1.54) is 0 Å². The lowest BCUT2D eigenvalue weighted by atomic mass is 10.0. The van der Waals surface area contributed by atoms with Crippen LogP contribution in [0.15, 0.2) is 0 Å². The minimum absolute atomic E-state index is 0.0125. The maximum atomic E-state index is 12.1. The minimum atomic E-state index is -0.184. The van der Waals surface area contributed by atoms with Gasteiger partial charge >= 0.3 is 0 Å². The number of ether oxygens (including phenoxy) is 1. The number of hydrogen-bond acceptors (Lipinski definition) is 5. The zero-order valence-corrected chi connectivity index (χ0v) is 12.3. The molecule has 0 saturated carbocycles. The van der Waals surface area contributed by atoms with E-state index in [0.717, 1.165) is 26.2 Å². The van der Waals surface area contributed by atoms with Crippen molar-refractivity contribution in [1.82, 2.24) is 20.4 Å². The first kappa shape index (κ1) is 15.2. The highest BCUT2D eigenvalue weighted by Crippen LogP contribution is 2.15. The van der Waals surface area contributed by atoms with Crippen molar-refractivity contribution in [2.75, 3.05) is 59.5 Å². The molecular weight excluding hydrogens is 260 g/mol. The Bertz CT molecular complexity index is 363. The Hall–Kier alpha value is -1.18. The van der Waals surface area contributed by atoms with Crippen molar-refractivity contribution < 1.29 is 14.3 Å². The van der Waals surface area contributed by atoms with Crippen molar-refractivity contribution in [1.29, 1.82) is 0 Å². The Kier molecular flexibility index (Phi) is 4.95. The maximum Gasteiger partial charge on any atom is 0.248 e. The van der Waals surface area contributed by atoms with Crippen LogP contribution in [0, 0.1) is 0 Å². The molecule has 0 aromatic heterocycles. The predicted molar refractivity (Wildman–Crippen MR) is 74.3 cm³/mol. The number of likely N-dealkylation sites (N-methyl/N-ethyl adjacent to an activating group) is 1. The summed E-state index contributed by atoms with van der Waals surface area (Å²) in [6, 6.07) is 0. The highest BCUT2D eigenvalue weighted by molar-refractivity contribution is 5.78. The molecule has 2 heterocycles. The van der Waals surface area contributed by atoms with Gasteiger partial charge in [0.25, 0.3) is 0 Å². The van der Waals surface area contributed by atoms with Crippen LogP contribution in [0.25, 0.3) is 0 Å². The predicted octanol–water partition coefficient (Wildman–Crippen LogP) is -1.74. The monoisotopic (exact) mass is 284 g/mol. The number of nitrogens with zero attached hydrogens (tertiary/aromatic N) is 2. The van der Waals surface area contributed by atoms with Gasteiger partial charge in [0.2, 0.25) is 11.8 Å². The third-order valence-electron chi connectivity index (χ3n) is 3.91. The van der Waals surface area contributed by atoms with Gasteiger partial charge in [-0.3, -0.25) is 14.5 Å².